The Morgan fingerprint density at radius 1 is 1.11 bits per heavy atom. The van der Waals surface area contributed by atoms with Gasteiger partial charge in [-0.05, 0) is 50.2 Å². The minimum absolute atomic E-state index is 0.210. The van der Waals surface area contributed by atoms with E-state index in [0.717, 1.165) is 82.5 Å². The lowest BCUT2D eigenvalue weighted by molar-refractivity contribution is -0.127. The van der Waals surface area contributed by atoms with Gasteiger partial charge in [0.25, 0.3) is 0 Å². The molecule has 200 valence electrons. The molecule has 3 fully saturated rings. The van der Waals surface area contributed by atoms with Gasteiger partial charge in [-0.15, -0.1) is 0 Å². The molecule has 3 aliphatic rings. The van der Waals surface area contributed by atoms with Crippen LogP contribution in [0.3, 0.4) is 0 Å². The highest BCUT2D eigenvalue weighted by atomic mass is 16.5. The first-order chi connectivity index (χ1) is 18.2. The normalized spacial score (nSPS) is 18.2. The molecular formula is C27H40N8O2. The SMILES string of the molecule is CN(CCN1CCOCC1)c1ccc(Nc2ncc(C3CC3)c(NCCCNC(=O)C3CCC3)n2)cn1. The van der Waals surface area contributed by atoms with Crippen molar-refractivity contribution in [3.8, 4) is 0 Å². The van der Waals surface area contributed by atoms with Crippen LogP contribution in [0.1, 0.15) is 50.0 Å². The van der Waals surface area contributed by atoms with Gasteiger partial charge in [0.05, 0.1) is 25.1 Å². The Labute approximate surface area is 219 Å². The topological polar surface area (TPSA) is 108 Å². The number of rotatable bonds is 13. The Kier molecular flexibility index (Phi) is 8.68. The molecule has 2 aliphatic carbocycles. The lowest BCUT2D eigenvalue weighted by Gasteiger charge is -2.28. The predicted molar refractivity (Wildman–Crippen MR) is 146 cm³/mol. The molecule has 3 heterocycles. The van der Waals surface area contributed by atoms with Crippen LogP contribution in [0.2, 0.25) is 0 Å². The van der Waals surface area contributed by atoms with Gasteiger partial charge in [-0.25, -0.2) is 9.97 Å². The van der Waals surface area contributed by atoms with Crippen LogP contribution in [-0.4, -0.2) is 85.3 Å². The van der Waals surface area contributed by atoms with Crippen molar-refractivity contribution in [3.05, 3.63) is 30.1 Å². The predicted octanol–water partition coefficient (Wildman–Crippen LogP) is 2.98. The van der Waals surface area contributed by atoms with Crippen molar-refractivity contribution in [2.45, 2.75) is 44.4 Å². The standard InChI is InChI=1S/C27H40N8O2/c1-34(12-13-35-14-16-37-17-15-35)24-9-8-22(18-30-24)32-27-31-19-23(20-6-7-20)25(33-27)28-10-3-11-29-26(36)21-4-2-5-21/h8-9,18-21H,2-7,10-17H2,1H3,(H,29,36)(H2,28,31,32,33). The molecule has 1 aliphatic heterocycles. The zero-order valence-electron chi connectivity index (χ0n) is 21.9. The Morgan fingerprint density at radius 3 is 2.65 bits per heavy atom. The molecule has 2 saturated carbocycles. The van der Waals surface area contributed by atoms with Gasteiger partial charge >= 0.3 is 0 Å². The molecular weight excluding hydrogens is 468 g/mol. The first kappa shape index (κ1) is 25.7. The summed E-state index contributed by atoms with van der Waals surface area (Å²) in [5, 5.41) is 9.84. The smallest absolute Gasteiger partial charge is 0.229 e. The van der Waals surface area contributed by atoms with Crippen molar-refractivity contribution >= 4 is 29.2 Å². The fourth-order valence-electron chi connectivity index (χ4n) is 4.65. The number of morpholine rings is 1. The molecule has 1 saturated heterocycles. The van der Waals surface area contributed by atoms with E-state index >= 15 is 0 Å². The number of nitrogens with one attached hydrogen (secondary N) is 3. The summed E-state index contributed by atoms with van der Waals surface area (Å²) in [5.74, 6) is 3.38. The summed E-state index contributed by atoms with van der Waals surface area (Å²) in [6.45, 7) is 7.01. The third-order valence-corrected chi connectivity index (χ3v) is 7.51. The molecule has 5 rings (SSSR count). The number of amides is 1. The quantitative estimate of drug-likeness (QED) is 0.352. The Morgan fingerprint density at radius 2 is 1.95 bits per heavy atom. The van der Waals surface area contributed by atoms with Crippen LogP contribution >= 0.6 is 0 Å². The number of ether oxygens (including phenoxy) is 1. The van der Waals surface area contributed by atoms with Crippen LogP contribution in [0.5, 0.6) is 0 Å². The van der Waals surface area contributed by atoms with Crippen LogP contribution in [-0.2, 0) is 9.53 Å². The molecule has 37 heavy (non-hydrogen) atoms. The van der Waals surface area contributed by atoms with E-state index in [-0.39, 0.29) is 11.8 Å². The minimum atomic E-state index is 0.210. The number of aromatic nitrogens is 3. The van der Waals surface area contributed by atoms with Crippen molar-refractivity contribution in [1.82, 2.24) is 25.2 Å². The van der Waals surface area contributed by atoms with Crippen molar-refractivity contribution in [2.24, 2.45) is 5.92 Å². The van der Waals surface area contributed by atoms with E-state index < -0.39 is 0 Å². The Hall–Kier alpha value is -2.98. The number of likely N-dealkylation sites (N-methyl/N-ethyl adjacent to an activating group) is 1. The fraction of sp³-hybridized carbons (Fsp3) is 0.630. The molecule has 0 bridgehead atoms. The highest BCUT2D eigenvalue weighted by molar-refractivity contribution is 5.79. The minimum Gasteiger partial charge on any atom is -0.379 e. The molecule has 0 radical (unpaired) electrons. The summed E-state index contributed by atoms with van der Waals surface area (Å²) in [6.07, 6.45) is 10.3. The van der Waals surface area contributed by atoms with Gasteiger partial charge in [-0.3, -0.25) is 9.69 Å². The summed E-state index contributed by atoms with van der Waals surface area (Å²) < 4.78 is 5.43. The van der Waals surface area contributed by atoms with Crippen molar-refractivity contribution in [2.75, 3.05) is 75.1 Å². The van der Waals surface area contributed by atoms with Gasteiger partial charge in [0.2, 0.25) is 11.9 Å². The number of carbonyl (C=O) groups excluding carboxylic acids is 1. The van der Waals surface area contributed by atoms with Crippen LogP contribution in [0, 0.1) is 5.92 Å². The average molecular weight is 509 g/mol. The maximum atomic E-state index is 12.0. The molecule has 1 amide bonds. The molecule has 2 aromatic heterocycles. The zero-order valence-corrected chi connectivity index (χ0v) is 21.9. The van der Waals surface area contributed by atoms with Crippen LogP contribution < -0.4 is 20.9 Å². The van der Waals surface area contributed by atoms with E-state index in [1.807, 2.05) is 24.5 Å². The monoisotopic (exact) mass is 508 g/mol. The number of pyridine rings is 1. The molecule has 10 heteroatoms. The number of anilines is 4. The summed E-state index contributed by atoms with van der Waals surface area (Å²) in [6, 6.07) is 4.04. The van der Waals surface area contributed by atoms with Crippen molar-refractivity contribution < 1.29 is 9.53 Å². The molecule has 0 spiro atoms. The largest absolute Gasteiger partial charge is 0.379 e. The third-order valence-electron chi connectivity index (χ3n) is 7.51. The van der Waals surface area contributed by atoms with E-state index in [1.54, 1.807) is 0 Å². The van der Waals surface area contributed by atoms with Crippen LogP contribution in [0.4, 0.5) is 23.3 Å². The molecule has 2 aromatic rings. The van der Waals surface area contributed by atoms with E-state index in [9.17, 15) is 4.79 Å². The highest BCUT2D eigenvalue weighted by Gasteiger charge is 2.28. The Balaban J connectivity index is 1.11. The van der Waals surface area contributed by atoms with Gasteiger partial charge in [-0.1, -0.05) is 6.42 Å². The summed E-state index contributed by atoms with van der Waals surface area (Å²) in [4.78, 5) is 30.6. The van der Waals surface area contributed by atoms with Gasteiger partial charge in [-0.2, -0.15) is 4.98 Å². The maximum Gasteiger partial charge on any atom is 0.229 e. The molecule has 3 N–H and O–H groups in total. The number of carbonyl (C=O) groups is 1. The van der Waals surface area contributed by atoms with Crippen LogP contribution in [0.25, 0.3) is 0 Å². The second-order valence-corrected chi connectivity index (χ2v) is 10.4. The Bertz CT molecular complexity index is 1020. The molecule has 10 nitrogen and oxygen atoms in total. The van der Waals surface area contributed by atoms with E-state index in [1.165, 1.54) is 24.8 Å². The first-order valence-electron chi connectivity index (χ1n) is 13.8. The fourth-order valence-corrected chi connectivity index (χ4v) is 4.65. The maximum absolute atomic E-state index is 12.0. The lowest BCUT2D eigenvalue weighted by atomic mass is 9.85. The lowest BCUT2D eigenvalue weighted by Crippen LogP contribution is -2.40. The average Bonchev–Trinajstić information content (AvgIpc) is 3.73. The zero-order chi connectivity index (χ0) is 25.5. The van der Waals surface area contributed by atoms with Crippen molar-refractivity contribution in [3.63, 3.8) is 0 Å². The second kappa shape index (κ2) is 12.5. The molecule has 0 atom stereocenters. The first-order valence-corrected chi connectivity index (χ1v) is 13.8. The number of hydrogen-bond acceptors (Lipinski definition) is 9. The van der Waals surface area contributed by atoms with Crippen molar-refractivity contribution in [1.29, 1.82) is 0 Å². The second-order valence-electron chi connectivity index (χ2n) is 10.4. The molecule has 0 aromatic carbocycles. The molecule has 0 unspecified atom stereocenters. The number of nitrogens with zero attached hydrogens (tertiary/aromatic N) is 5. The highest BCUT2D eigenvalue weighted by Crippen LogP contribution is 2.42. The number of hydrogen-bond donors (Lipinski definition) is 3. The van der Waals surface area contributed by atoms with E-state index in [4.69, 9.17) is 9.72 Å². The van der Waals surface area contributed by atoms with Gasteiger partial charge in [0, 0.05) is 64.0 Å². The van der Waals surface area contributed by atoms with Gasteiger partial charge in [0.1, 0.15) is 11.6 Å². The summed E-state index contributed by atoms with van der Waals surface area (Å²) >= 11 is 0. The summed E-state index contributed by atoms with van der Waals surface area (Å²) in [5.41, 5.74) is 2.04. The van der Waals surface area contributed by atoms with E-state index in [2.05, 4.69) is 42.8 Å². The van der Waals surface area contributed by atoms with Crippen LogP contribution in [0.15, 0.2) is 24.5 Å². The summed E-state index contributed by atoms with van der Waals surface area (Å²) in [7, 11) is 2.08. The van der Waals surface area contributed by atoms with Gasteiger partial charge < -0.3 is 25.6 Å². The van der Waals surface area contributed by atoms with E-state index in [0.29, 0.717) is 18.4 Å². The third kappa shape index (κ3) is 7.29. The van der Waals surface area contributed by atoms with Gasteiger partial charge in [0.15, 0.2) is 0 Å².